The van der Waals surface area contributed by atoms with Gasteiger partial charge in [-0.25, -0.2) is 9.78 Å². The first-order valence-corrected chi connectivity index (χ1v) is 11.8. The Morgan fingerprint density at radius 3 is 2.31 bits per heavy atom. The molecule has 1 aromatic heterocycles. The second-order valence-corrected chi connectivity index (χ2v) is 9.13. The highest BCUT2D eigenvalue weighted by Gasteiger charge is 2.54. The molecule has 0 aliphatic carbocycles. The Kier molecular flexibility index (Phi) is 6.89. The van der Waals surface area contributed by atoms with Crippen LogP contribution in [0.2, 0.25) is 0 Å². The molecule has 2 atom stereocenters. The van der Waals surface area contributed by atoms with E-state index >= 15 is 0 Å². The number of hydrogen-bond donors (Lipinski definition) is 0. The van der Waals surface area contributed by atoms with Crippen molar-refractivity contribution in [3.05, 3.63) is 69.7 Å². The number of hydrogen-bond acceptors (Lipinski definition) is 9. The van der Waals surface area contributed by atoms with Gasteiger partial charge in [0.15, 0.2) is 10.9 Å². The first-order chi connectivity index (χ1) is 17.2. The number of carbonyl (C=O) groups excluding carboxylic acids is 4. The van der Waals surface area contributed by atoms with E-state index in [0.717, 1.165) is 11.3 Å². The molecule has 1 amide bonds. The summed E-state index contributed by atoms with van der Waals surface area (Å²) in [6.07, 6.45) is 0. The van der Waals surface area contributed by atoms with Crippen LogP contribution in [0.15, 0.2) is 42.5 Å². The average Bonchev–Trinajstić information content (AvgIpc) is 3.39. The summed E-state index contributed by atoms with van der Waals surface area (Å²) in [6, 6.07) is 10.7. The Bertz CT molecular complexity index is 1380. The molecule has 36 heavy (non-hydrogen) atoms. The van der Waals surface area contributed by atoms with Gasteiger partial charge in [-0.1, -0.05) is 29.5 Å². The molecule has 186 valence electrons. The SMILES string of the molecule is COC(=O)c1sc(N2C(=O)C(=O)C(C(=O)c3ccc(OC)c(C)c3)C2c2ccccc2OC)nc1C. The van der Waals surface area contributed by atoms with Crippen LogP contribution in [0.3, 0.4) is 0 Å². The van der Waals surface area contributed by atoms with Crippen LogP contribution in [0.1, 0.15) is 42.9 Å². The highest BCUT2D eigenvalue weighted by molar-refractivity contribution is 7.17. The van der Waals surface area contributed by atoms with Crippen molar-refractivity contribution < 1.29 is 33.4 Å². The molecule has 0 radical (unpaired) electrons. The Labute approximate surface area is 211 Å². The average molecular weight is 509 g/mol. The van der Waals surface area contributed by atoms with Crippen LogP contribution >= 0.6 is 11.3 Å². The molecular formula is C26H24N2O7S. The van der Waals surface area contributed by atoms with E-state index in [1.165, 1.54) is 26.2 Å². The van der Waals surface area contributed by atoms with Gasteiger partial charge in [0.25, 0.3) is 5.91 Å². The van der Waals surface area contributed by atoms with Crippen molar-refractivity contribution in [1.82, 2.24) is 4.98 Å². The first kappa shape index (κ1) is 25.1. The standard InChI is InChI=1S/C26H24N2O7S/c1-13-12-15(10-11-17(13)33-3)21(29)19-20(16-8-6-7-9-18(16)34-4)28(24(31)22(19)30)26-27-14(2)23(36-26)25(32)35-5/h6-12,19-20H,1-5H3. The molecule has 2 heterocycles. The second kappa shape index (κ2) is 9.90. The van der Waals surface area contributed by atoms with Crippen LogP contribution in [0, 0.1) is 19.8 Å². The molecule has 1 aliphatic heterocycles. The first-order valence-electron chi connectivity index (χ1n) is 11.0. The third-order valence-electron chi connectivity index (χ3n) is 6.09. The lowest BCUT2D eigenvalue weighted by Crippen LogP contribution is -2.31. The number of aryl methyl sites for hydroxylation is 2. The van der Waals surface area contributed by atoms with Gasteiger partial charge in [0.05, 0.1) is 33.1 Å². The summed E-state index contributed by atoms with van der Waals surface area (Å²) >= 11 is 0.923. The van der Waals surface area contributed by atoms with Crippen molar-refractivity contribution in [3.8, 4) is 11.5 Å². The molecule has 9 nitrogen and oxygen atoms in total. The third kappa shape index (κ3) is 4.13. The van der Waals surface area contributed by atoms with Crippen LogP contribution in [0.25, 0.3) is 0 Å². The third-order valence-corrected chi connectivity index (χ3v) is 7.22. The lowest BCUT2D eigenvalue weighted by molar-refractivity contribution is -0.135. The van der Waals surface area contributed by atoms with E-state index in [9.17, 15) is 19.2 Å². The number of nitrogens with zero attached hydrogens (tertiary/aromatic N) is 2. The minimum Gasteiger partial charge on any atom is -0.496 e. The van der Waals surface area contributed by atoms with Crippen LogP contribution < -0.4 is 14.4 Å². The molecule has 0 N–H and O–H groups in total. The topological polar surface area (TPSA) is 112 Å². The maximum Gasteiger partial charge on any atom is 0.350 e. The number of ether oxygens (including phenoxy) is 3. The minimum absolute atomic E-state index is 0.114. The fraction of sp³-hybridized carbons (Fsp3) is 0.269. The van der Waals surface area contributed by atoms with Gasteiger partial charge in [-0.2, -0.15) is 0 Å². The largest absolute Gasteiger partial charge is 0.496 e. The Hall–Kier alpha value is -4.05. The second-order valence-electron chi connectivity index (χ2n) is 8.16. The number of aromatic nitrogens is 1. The van der Waals surface area contributed by atoms with Crippen molar-refractivity contribution in [2.45, 2.75) is 19.9 Å². The summed E-state index contributed by atoms with van der Waals surface area (Å²) in [5.74, 6) is -3.23. The monoisotopic (exact) mass is 508 g/mol. The van der Waals surface area contributed by atoms with Gasteiger partial charge in [-0.05, 0) is 43.7 Å². The van der Waals surface area contributed by atoms with Crippen molar-refractivity contribution >= 4 is 39.9 Å². The summed E-state index contributed by atoms with van der Waals surface area (Å²) in [7, 11) is 4.24. The van der Waals surface area contributed by atoms with Gasteiger partial charge in [0.1, 0.15) is 22.3 Å². The van der Waals surface area contributed by atoms with Crippen LogP contribution in [-0.4, -0.2) is 49.8 Å². The van der Waals surface area contributed by atoms with Gasteiger partial charge in [-0.3, -0.25) is 19.3 Å². The number of ketones is 2. The number of anilines is 1. The van der Waals surface area contributed by atoms with E-state index in [0.29, 0.717) is 28.3 Å². The van der Waals surface area contributed by atoms with Gasteiger partial charge in [0, 0.05) is 11.1 Å². The van der Waals surface area contributed by atoms with Gasteiger partial charge in [-0.15, -0.1) is 0 Å². The predicted molar refractivity (Wildman–Crippen MR) is 132 cm³/mol. The number of para-hydroxylation sites is 1. The lowest BCUT2D eigenvalue weighted by Gasteiger charge is -2.26. The van der Waals surface area contributed by atoms with Crippen LogP contribution in [-0.2, 0) is 14.3 Å². The molecule has 1 fully saturated rings. The number of carbonyl (C=O) groups is 4. The number of esters is 1. The quantitative estimate of drug-likeness (QED) is 0.205. The van der Waals surface area contributed by atoms with E-state index in [-0.39, 0.29) is 15.6 Å². The zero-order valence-electron chi connectivity index (χ0n) is 20.4. The number of Topliss-reactive ketones (excluding diaryl/α,β-unsaturated/α-hetero) is 2. The molecule has 4 rings (SSSR count). The van der Waals surface area contributed by atoms with Crippen molar-refractivity contribution in [1.29, 1.82) is 0 Å². The smallest absolute Gasteiger partial charge is 0.350 e. The van der Waals surface area contributed by atoms with E-state index < -0.39 is 35.4 Å². The molecule has 0 saturated carbocycles. The van der Waals surface area contributed by atoms with E-state index in [2.05, 4.69) is 4.98 Å². The fourth-order valence-corrected chi connectivity index (χ4v) is 5.37. The Morgan fingerprint density at radius 1 is 0.972 bits per heavy atom. The zero-order valence-corrected chi connectivity index (χ0v) is 21.2. The molecule has 1 aliphatic rings. The fourth-order valence-electron chi connectivity index (χ4n) is 4.35. The molecule has 10 heteroatoms. The van der Waals surface area contributed by atoms with E-state index in [1.807, 2.05) is 0 Å². The number of amides is 1. The molecule has 1 saturated heterocycles. The molecular weight excluding hydrogens is 484 g/mol. The van der Waals surface area contributed by atoms with E-state index in [4.69, 9.17) is 14.2 Å². The predicted octanol–water partition coefficient (Wildman–Crippen LogP) is 3.72. The van der Waals surface area contributed by atoms with E-state index in [1.54, 1.807) is 56.3 Å². The highest BCUT2D eigenvalue weighted by atomic mass is 32.1. The zero-order chi connectivity index (χ0) is 26.1. The maximum absolute atomic E-state index is 13.8. The van der Waals surface area contributed by atoms with Crippen LogP contribution in [0.5, 0.6) is 11.5 Å². The molecule has 3 aromatic rings. The number of benzene rings is 2. The summed E-state index contributed by atoms with van der Waals surface area (Å²) in [5.41, 5.74) is 1.80. The van der Waals surface area contributed by atoms with Gasteiger partial charge in [0.2, 0.25) is 5.78 Å². The molecule has 0 spiro atoms. The van der Waals surface area contributed by atoms with Gasteiger partial charge < -0.3 is 14.2 Å². The summed E-state index contributed by atoms with van der Waals surface area (Å²) in [6.45, 7) is 3.39. The number of rotatable bonds is 7. The molecule has 2 aromatic carbocycles. The highest BCUT2D eigenvalue weighted by Crippen LogP contribution is 2.45. The molecule has 2 unspecified atom stereocenters. The summed E-state index contributed by atoms with van der Waals surface area (Å²) in [4.78, 5) is 58.5. The summed E-state index contributed by atoms with van der Waals surface area (Å²) < 4.78 is 15.6. The van der Waals surface area contributed by atoms with Crippen LogP contribution in [0.4, 0.5) is 5.13 Å². The Balaban J connectivity index is 1.89. The maximum atomic E-state index is 13.8. The number of thiazole rings is 1. The minimum atomic E-state index is -1.35. The lowest BCUT2D eigenvalue weighted by atomic mass is 9.85. The van der Waals surface area contributed by atoms with Crippen molar-refractivity contribution in [2.24, 2.45) is 5.92 Å². The van der Waals surface area contributed by atoms with Crippen molar-refractivity contribution in [3.63, 3.8) is 0 Å². The number of methoxy groups -OCH3 is 3. The normalized spacial score (nSPS) is 17.3. The molecule has 0 bridgehead atoms. The Morgan fingerprint density at radius 2 is 1.67 bits per heavy atom. The van der Waals surface area contributed by atoms with Gasteiger partial charge >= 0.3 is 5.97 Å². The van der Waals surface area contributed by atoms with Crippen molar-refractivity contribution in [2.75, 3.05) is 26.2 Å². The summed E-state index contributed by atoms with van der Waals surface area (Å²) in [5, 5.41) is 0.114.